The van der Waals surface area contributed by atoms with Crippen molar-refractivity contribution in [1.82, 2.24) is 5.32 Å². The Labute approximate surface area is 236 Å². The molecule has 3 atom stereocenters. The Morgan fingerprint density at radius 1 is 1.05 bits per heavy atom. The lowest BCUT2D eigenvalue weighted by Gasteiger charge is -2.21. The SMILES string of the molecule is NC(=O)C1NC2C=CCC(=O)C2S1.NCc1cccc(C(=O)N(CC(=O)O)c2ccccc2)c1.O=C(O)C(F)(F)F. The maximum atomic E-state index is 12.6. The summed E-state index contributed by atoms with van der Waals surface area (Å²) in [6.45, 7) is -0.0684. The van der Waals surface area contributed by atoms with E-state index in [9.17, 15) is 32.3 Å². The quantitative estimate of drug-likeness (QED) is 0.308. The number of carbonyl (C=O) groups is 5. The molecule has 1 heterocycles. The summed E-state index contributed by atoms with van der Waals surface area (Å²) in [5, 5.41) is 18.6. The summed E-state index contributed by atoms with van der Waals surface area (Å²) in [7, 11) is 0. The lowest BCUT2D eigenvalue weighted by Crippen LogP contribution is -2.40. The number of anilines is 1. The number of nitrogens with zero attached hydrogens (tertiary/aromatic N) is 1. The number of benzene rings is 2. The van der Waals surface area contributed by atoms with Gasteiger partial charge in [-0.25, -0.2) is 4.79 Å². The number of carboxylic acids is 2. The van der Waals surface area contributed by atoms with Gasteiger partial charge in [-0.15, -0.1) is 11.8 Å². The first-order valence-electron chi connectivity index (χ1n) is 11.8. The molecular formula is C26H27F3N4O7S. The van der Waals surface area contributed by atoms with Gasteiger partial charge in [0.25, 0.3) is 5.91 Å². The van der Waals surface area contributed by atoms with Crippen LogP contribution in [0.1, 0.15) is 22.3 Å². The number of halogens is 3. The van der Waals surface area contributed by atoms with E-state index in [-0.39, 0.29) is 23.0 Å². The van der Waals surface area contributed by atoms with E-state index in [1.807, 2.05) is 24.3 Å². The fourth-order valence-corrected chi connectivity index (χ4v) is 4.82. The Morgan fingerprint density at radius 2 is 1.68 bits per heavy atom. The van der Waals surface area contributed by atoms with Crippen molar-refractivity contribution in [1.29, 1.82) is 0 Å². The highest BCUT2D eigenvalue weighted by molar-refractivity contribution is 8.02. The molecule has 0 bridgehead atoms. The molecule has 2 amide bonds. The van der Waals surface area contributed by atoms with Gasteiger partial charge in [0.2, 0.25) is 5.91 Å². The van der Waals surface area contributed by atoms with E-state index in [1.165, 1.54) is 16.7 Å². The van der Waals surface area contributed by atoms with Crippen LogP contribution in [0.5, 0.6) is 0 Å². The van der Waals surface area contributed by atoms with Gasteiger partial charge in [0, 0.05) is 30.3 Å². The fraction of sp³-hybridized carbons (Fsp3) is 0.269. The van der Waals surface area contributed by atoms with Crippen LogP contribution in [0, 0.1) is 0 Å². The molecular weight excluding hydrogens is 569 g/mol. The fourth-order valence-electron chi connectivity index (χ4n) is 3.57. The van der Waals surface area contributed by atoms with Gasteiger partial charge in [0.15, 0.2) is 5.78 Å². The molecule has 1 saturated heterocycles. The highest BCUT2D eigenvalue weighted by Crippen LogP contribution is 2.31. The number of nitrogens with one attached hydrogen (secondary N) is 1. The molecule has 0 aromatic heterocycles. The number of carbonyl (C=O) groups excluding carboxylic acids is 3. The molecule has 2 aliphatic rings. The molecule has 220 valence electrons. The first-order chi connectivity index (χ1) is 19.2. The minimum absolute atomic E-state index is 0.0104. The molecule has 2 aromatic rings. The topological polar surface area (TPSA) is 193 Å². The lowest BCUT2D eigenvalue weighted by atomic mass is 10.0. The Bertz CT molecular complexity index is 1290. The molecule has 0 radical (unpaired) electrons. The maximum Gasteiger partial charge on any atom is 0.490 e. The van der Waals surface area contributed by atoms with E-state index < -0.39 is 35.9 Å². The highest BCUT2D eigenvalue weighted by atomic mass is 32.2. The molecule has 7 N–H and O–H groups in total. The third kappa shape index (κ3) is 10.0. The second-order valence-corrected chi connectivity index (χ2v) is 9.71. The largest absolute Gasteiger partial charge is 0.490 e. The van der Waals surface area contributed by atoms with E-state index in [0.717, 1.165) is 5.56 Å². The zero-order valence-corrected chi connectivity index (χ0v) is 22.1. The molecule has 1 aliphatic carbocycles. The number of primary amides is 1. The van der Waals surface area contributed by atoms with Crippen molar-refractivity contribution < 1.29 is 47.4 Å². The zero-order valence-electron chi connectivity index (χ0n) is 21.3. The van der Waals surface area contributed by atoms with E-state index in [1.54, 1.807) is 42.5 Å². The van der Waals surface area contributed by atoms with Crippen LogP contribution in [-0.4, -0.2) is 69.1 Å². The molecule has 0 saturated carbocycles. The summed E-state index contributed by atoms with van der Waals surface area (Å²) in [5.74, 6) is -4.41. The van der Waals surface area contributed by atoms with Crippen molar-refractivity contribution in [2.75, 3.05) is 11.4 Å². The molecule has 1 aliphatic heterocycles. The number of alkyl halides is 3. The van der Waals surface area contributed by atoms with Gasteiger partial charge < -0.3 is 21.7 Å². The van der Waals surface area contributed by atoms with Crippen LogP contribution < -0.4 is 21.7 Å². The number of carboxylic acid groups (broad SMARTS) is 2. The average molecular weight is 597 g/mol. The molecule has 0 spiro atoms. The summed E-state index contributed by atoms with van der Waals surface area (Å²) in [4.78, 5) is 56.0. The summed E-state index contributed by atoms with van der Waals surface area (Å²) in [6.07, 6.45) is -0.843. The highest BCUT2D eigenvalue weighted by Gasteiger charge is 2.40. The summed E-state index contributed by atoms with van der Waals surface area (Å²) in [5.41, 5.74) is 12.5. The van der Waals surface area contributed by atoms with E-state index >= 15 is 0 Å². The Balaban J connectivity index is 0.000000249. The van der Waals surface area contributed by atoms with Crippen molar-refractivity contribution in [3.05, 3.63) is 77.9 Å². The van der Waals surface area contributed by atoms with Gasteiger partial charge in [-0.2, -0.15) is 13.2 Å². The van der Waals surface area contributed by atoms with Crippen molar-refractivity contribution >= 4 is 47.0 Å². The first-order valence-corrected chi connectivity index (χ1v) is 12.8. The van der Waals surface area contributed by atoms with Gasteiger partial charge in [-0.3, -0.25) is 29.4 Å². The predicted molar refractivity (Wildman–Crippen MR) is 144 cm³/mol. The minimum Gasteiger partial charge on any atom is -0.480 e. The number of rotatable bonds is 6. The van der Waals surface area contributed by atoms with Gasteiger partial charge >= 0.3 is 18.1 Å². The van der Waals surface area contributed by atoms with Crippen LogP contribution in [0.15, 0.2) is 66.7 Å². The number of nitrogens with two attached hydrogens (primary N) is 2. The Morgan fingerprint density at radius 3 is 2.20 bits per heavy atom. The van der Waals surface area contributed by atoms with Crippen LogP contribution in [-0.2, 0) is 25.7 Å². The maximum absolute atomic E-state index is 12.6. The number of ketones is 1. The van der Waals surface area contributed by atoms with Gasteiger partial charge in [-0.05, 0) is 29.8 Å². The summed E-state index contributed by atoms with van der Waals surface area (Å²) in [6, 6.07) is 15.6. The smallest absolute Gasteiger partial charge is 0.480 e. The minimum atomic E-state index is -5.08. The number of para-hydroxylation sites is 1. The normalized spacial score (nSPS) is 19.0. The van der Waals surface area contributed by atoms with E-state index in [4.69, 9.17) is 26.5 Å². The lowest BCUT2D eigenvalue weighted by molar-refractivity contribution is -0.192. The number of fused-ring (bicyclic) bond motifs is 1. The number of amides is 2. The third-order valence-electron chi connectivity index (χ3n) is 5.45. The first kappa shape index (κ1) is 33.0. The summed E-state index contributed by atoms with van der Waals surface area (Å²) >= 11 is 1.32. The van der Waals surface area contributed by atoms with Crippen molar-refractivity contribution in [2.24, 2.45) is 11.5 Å². The number of Topliss-reactive ketones (excluding diaryl/α,β-unsaturated/α-hetero) is 1. The second kappa shape index (κ2) is 15.0. The van der Waals surface area contributed by atoms with E-state index in [2.05, 4.69) is 5.32 Å². The van der Waals surface area contributed by atoms with Crippen LogP contribution in [0.2, 0.25) is 0 Å². The average Bonchev–Trinajstić information content (AvgIpc) is 3.38. The molecule has 41 heavy (non-hydrogen) atoms. The number of hydrogen-bond donors (Lipinski definition) is 5. The molecule has 1 fully saturated rings. The second-order valence-electron chi connectivity index (χ2n) is 8.46. The number of thioether (sulfide) groups is 1. The Hall–Kier alpha value is -4.21. The van der Waals surface area contributed by atoms with Crippen LogP contribution in [0.4, 0.5) is 18.9 Å². The molecule has 11 nitrogen and oxygen atoms in total. The third-order valence-corrected chi connectivity index (χ3v) is 6.94. The van der Waals surface area contributed by atoms with Crippen molar-refractivity contribution in [2.45, 2.75) is 35.8 Å². The predicted octanol–water partition coefficient (Wildman–Crippen LogP) is 1.91. The van der Waals surface area contributed by atoms with Gasteiger partial charge in [0.05, 0.1) is 5.25 Å². The monoisotopic (exact) mass is 596 g/mol. The van der Waals surface area contributed by atoms with Crippen molar-refractivity contribution in [3.63, 3.8) is 0 Å². The number of aliphatic carboxylic acids is 2. The molecule has 4 rings (SSSR count). The number of hydrogen-bond acceptors (Lipinski definition) is 8. The number of allylic oxidation sites excluding steroid dienone is 1. The zero-order chi connectivity index (χ0) is 30.7. The molecule has 3 unspecified atom stereocenters. The van der Waals surface area contributed by atoms with Crippen molar-refractivity contribution in [3.8, 4) is 0 Å². The van der Waals surface area contributed by atoms with Crippen LogP contribution in [0.25, 0.3) is 0 Å². The summed E-state index contributed by atoms with van der Waals surface area (Å²) < 4.78 is 31.7. The molecule has 2 aromatic carbocycles. The van der Waals surface area contributed by atoms with Crippen LogP contribution >= 0.6 is 11.8 Å². The van der Waals surface area contributed by atoms with Crippen LogP contribution in [0.3, 0.4) is 0 Å². The van der Waals surface area contributed by atoms with Gasteiger partial charge in [-0.1, -0.05) is 42.5 Å². The Kier molecular flexibility index (Phi) is 12.0. The van der Waals surface area contributed by atoms with Gasteiger partial charge in [0.1, 0.15) is 11.9 Å². The molecule has 15 heteroatoms. The standard InChI is InChI=1S/C16H16N2O3.C8H10N2O2S.C2HF3O2/c17-10-12-5-4-6-13(9-12)16(21)18(11-15(19)20)14-7-2-1-3-8-14;9-7(12)8-10-4-2-1-3-5(11)6(4)13-8;3-2(4,5)1(6)7/h1-9H,10-11,17H2,(H,19,20);1-2,4,6,8,10H,3H2,(H2,9,12);(H,6,7). The van der Waals surface area contributed by atoms with E-state index in [0.29, 0.717) is 24.2 Å².